The molecule has 1 aromatic rings. The van der Waals surface area contributed by atoms with Crippen LogP contribution in [-0.2, 0) is 11.2 Å². The molecule has 19 heavy (non-hydrogen) atoms. The maximum atomic E-state index is 11.4. The second-order valence-corrected chi connectivity index (χ2v) is 5.51. The summed E-state index contributed by atoms with van der Waals surface area (Å²) >= 11 is 0. The summed E-state index contributed by atoms with van der Waals surface area (Å²) < 4.78 is 0. The van der Waals surface area contributed by atoms with Crippen LogP contribution in [0.3, 0.4) is 0 Å². The predicted molar refractivity (Wildman–Crippen MR) is 74.6 cm³/mol. The van der Waals surface area contributed by atoms with Crippen LogP contribution in [0, 0.1) is 0 Å². The summed E-state index contributed by atoms with van der Waals surface area (Å²) in [5.41, 5.74) is 2.54. The van der Waals surface area contributed by atoms with E-state index in [1.54, 1.807) is 0 Å². The Morgan fingerprint density at radius 3 is 2.95 bits per heavy atom. The molecule has 1 unspecified atom stereocenters. The normalized spacial score (nSPS) is 19.9. The van der Waals surface area contributed by atoms with E-state index in [1.807, 2.05) is 6.07 Å². The number of nitrogens with one attached hydrogen (secondary N) is 1. The minimum absolute atomic E-state index is 0.418. The zero-order chi connectivity index (χ0) is 13.2. The Bertz CT molecular complexity index is 471. The van der Waals surface area contributed by atoms with Crippen LogP contribution in [0.25, 0.3) is 0 Å². The van der Waals surface area contributed by atoms with Gasteiger partial charge in [-0.3, -0.25) is 4.79 Å². The second kappa shape index (κ2) is 5.21. The Labute approximate surface area is 113 Å². The molecule has 3 rings (SSSR count). The zero-order valence-electron chi connectivity index (χ0n) is 11.0. The molecule has 0 spiro atoms. The van der Waals surface area contributed by atoms with Crippen molar-refractivity contribution in [1.82, 2.24) is 5.32 Å². The van der Waals surface area contributed by atoms with E-state index in [4.69, 9.17) is 0 Å². The van der Waals surface area contributed by atoms with Gasteiger partial charge in [0, 0.05) is 24.8 Å². The van der Waals surface area contributed by atoms with E-state index in [1.165, 1.54) is 11.3 Å². The lowest BCUT2D eigenvalue weighted by molar-refractivity contribution is -0.139. The van der Waals surface area contributed by atoms with Gasteiger partial charge in [-0.15, -0.1) is 0 Å². The van der Waals surface area contributed by atoms with Crippen LogP contribution in [0.2, 0.25) is 0 Å². The van der Waals surface area contributed by atoms with Crippen molar-refractivity contribution in [3.05, 3.63) is 29.8 Å². The Kier molecular flexibility index (Phi) is 3.42. The van der Waals surface area contributed by atoms with Crippen LogP contribution in [-0.4, -0.2) is 36.2 Å². The number of nitrogens with zero attached hydrogens (tertiary/aromatic N) is 1. The van der Waals surface area contributed by atoms with Crippen molar-refractivity contribution in [3.63, 3.8) is 0 Å². The van der Waals surface area contributed by atoms with Crippen LogP contribution in [0.1, 0.15) is 24.8 Å². The Balaban J connectivity index is 1.73. The number of para-hydroxylation sites is 1. The highest BCUT2D eigenvalue weighted by atomic mass is 16.4. The molecule has 2 N–H and O–H groups in total. The highest BCUT2D eigenvalue weighted by Gasteiger charge is 2.30. The summed E-state index contributed by atoms with van der Waals surface area (Å²) in [7, 11) is 0. The number of rotatable bonds is 5. The summed E-state index contributed by atoms with van der Waals surface area (Å²) in [6, 6.07) is 8.29. The Hall–Kier alpha value is -1.55. The van der Waals surface area contributed by atoms with Gasteiger partial charge >= 0.3 is 5.97 Å². The van der Waals surface area contributed by atoms with Gasteiger partial charge in [0.2, 0.25) is 0 Å². The number of carboxylic acid groups (broad SMARTS) is 1. The largest absolute Gasteiger partial charge is 0.480 e. The maximum absolute atomic E-state index is 11.4. The number of aryl methyl sites for hydroxylation is 1. The van der Waals surface area contributed by atoms with Crippen LogP contribution in [0.4, 0.5) is 5.69 Å². The van der Waals surface area contributed by atoms with Crippen LogP contribution >= 0.6 is 0 Å². The molecule has 4 nitrogen and oxygen atoms in total. The molecule has 0 amide bonds. The van der Waals surface area contributed by atoms with E-state index in [0.29, 0.717) is 12.6 Å². The quantitative estimate of drug-likeness (QED) is 0.845. The summed E-state index contributed by atoms with van der Waals surface area (Å²) in [4.78, 5) is 13.6. The van der Waals surface area contributed by atoms with Crippen molar-refractivity contribution in [2.45, 2.75) is 37.8 Å². The second-order valence-electron chi connectivity index (χ2n) is 5.51. The molecule has 0 saturated heterocycles. The summed E-state index contributed by atoms with van der Waals surface area (Å²) in [5, 5.41) is 12.6. The van der Waals surface area contributed by atoms with E-state index >= 15 is 0 Å². The number of benzene rings is 1. The molecule has 4 heteroatoms. The van der Waals surface area contributed by atoms with Gasteiger partial charge < -0.3 is 15.3 Å². The SMILES string of the molecule is O=C(O)C(CN1CCCc2ccccc21)NC1CC1. The van der Waals surface area contributed by atoms with Gasteiger partial charge in [0.15, 0.2) is 0 Å². The first-order chi connectivity index (χ1) is 9.24. The van der Waals surface area contributed by atoms with Gasteiger partial charge in [-0.1, -0.05) is 18.2 Å². The molecular weight excluding hydrogens is 240 g/mol. The van der Waals surface area contributed by atoms with Crippen molar-refractivity contribution in [1.29, 1.82) is 0 Å². The molecule has 2 aliphatic rings. The van der Waals surface area contributed by atoms with Gasteiger partial charge in [-0.05, 0) is 37.3 Å². The van der Waals surface area contributed by atoms with Gasteiger partial charge in [0.1, 0.15) is 6.04 Å². The third-order valence-corrected chi connectivity index (χ3v) is 3.92. The molecule has 1 heterocycles. The number of aliphatic carboxylic acids is 1. The Morgan fingerprint density at radius 2 is 2.21 bits per heavy atom. The van der Waals surface area contributed by atoms with E-state index in [2.05, 4.69) is 28.4 Å². The standard InChI is InChI=1S/C15H20N2O2/c18-15(19)13(16-12-7-8-12)10-17-9-3-5-11-4-1-2-6-14(11)17/h1-2,4,6,12-13,16H,3,5,7-10H2,(H,18,19). The number of fused-ring (bicyclic) bond motifs is 1. The number of hydrogen-bond donors (Lipinski definition) is 2. The number of hydrogen-bond acceptors (Lipinski definition) is 3. The molecule has 0 radical (unpaired) electrons. The minimum Gasteiger partial charge on any atom is -0.480 e. The molecular formula is C15H20N2O2. The van der Waals surface area contributed by atoms with Crippen molar-refractivity contribution in [2.75, 3.05) is 18.0 Å². The molecule has 1 aliphatic heterocycles. The van der Waals surface area contributed by atoms with Crippen molar-refractivity contribution < 1.29 is 9.90 Å². The minimum atomic E-state index is -0.741. The predicted octanol–water partition coefficient (Wildman–Crippen LogP) is 1.64. The van der Waals surface area contributed by atoms with Gasteiger partial charge in [-0.2, -0.15) is 0 Å². The Morgan fingerprint density at radius 1 is 1.42 bits per heavy atom. The van der Waals surface area contributed by atoms with Crippen LogP contribution in [0.15, 0.2) is 24.3 Å². The average Bonchev–Trinajstić information content (AvgIpc) is 3.22. The number of carboxylic acids is 1. The average molecular weight is 260 g/mol. The molecule has 1 aromatic carbocycles. The highest BCUT2D eigenvalue weighted by Crippen LogP contribution is 2.27. The first-order valence-electron chi connectivity index (χ1n) is 7.06. The number of anilines is 1. The molecule has 102 valence electrons. The van der Waals surface area contributed by atoms with E-state index in [-0.39, 0.29) is 0 Å². The van der Waals surface area contributed by atoms with Gasteiger partial charge in [0.25, 0.3) is 0 Å². The number of carbonyl (C=O) groups is 1. The summed E-state index contributed by atoms with van der Waals surface area (Å²) in [6.07, 6.45) is 4.42. The van der Waals surface area contributed by atoms with Crippen molar-refractivity contribution >= 4 is 11.7 Å². The summed E-state index contributed by atoms with van der Waals surface area (Å²) in [6.45, 7) is 1.51. The van der Waals surface area contributed by atoms with E-state index < -0.39 is 12.0 Å². The fraction of sp³-hybridized carbons (Fsp3) is 0.533. The fourth-order valence-electron chi connectivity index (χ4n) is 2.76. The molecule has 1 atom stereocenters. The lowest BCUT2D eigenvalue weighted by Crippen LogP contribution is -2.48. The third-order valence-electron chi connectivity index (χ3n) is 3.92. The molecule has 0 aromatic heterocycles. The first-order valence-corrected chi connectivity index (χ1v) is 7.06. The van der Waals surface area contributed by atoms with Gasteiger partial charge in [0.05, 0.1) is 0 Å². The molecule has 1 saturated carbocycles. The van der Waals surface area contributed by atoms with Crippen molar-refractivity contribution in [3.8, 4) is 0 Å². The fourth-order valence-corrected chi connectivity index (χ4v) is 2.76. The topological polar surface area (TPSA) is 52.6 Å². The third kappa shape index (κ3) is 2.89. The maximum Gasteiger partial charge on any atom is 0.322 e. The van der Waals surface area contributed by atoms with Crippen LogP contribution < -0.4 is 10.2 Å². The monoisotopic (exact) mass is 260 g/mol. The molecule has 1 aliphatic carbocycles. The molecule has 0 bridgehead atoms. The smallest absolute Gasteiger partial charge is 0.322 e. The van der Waals surface area contributed by atoms with Crippen LogP contribution in [0.5, 0.6) is 0 Å². The molecule has 1 fully saturated rings. The zero-order valence-corrected chi connectivity index (χ0v) is 11.0. The van der Waals surface area contributed by atoms with Gasteiger partial charge in [-0.25, -0.2) is 0 Å². The highest BCUT2D eigenvalue weighted by molar-refractivity contribution is 5.75. The first kappa shape index (κ1) is 12.5. The lowest BCUT2D eigenvalue weighted by Gasteiger charge is -2.33. The summed E-state index contributed by atoms with van der Waals surface area (Å²) in [5.74, 6) is -0.741. The van der Waals surface area contributed by atoms with E-state index in [9.17, 15) is 9.90 Å². The lowest BCUT2D eigenvalue weighted by atomic mass is 10.0. The van der Waals surface area contributed by atoms with E-state index in [0.717, 1.165) is 32.2 Å². The van der Waals surface area contributed by atoms with Crippen molar-refractivity contribution in [2.24, 2.45) is 0 Å².